The summed E-state index contributed by atoms with van der Waals surface area (Å²) in [6.07, 6.45) is 0.405. The van der Waals surface area contributed by atoms with Gasteiger partial charge in [-0.05, 0) is 38.8 Å². The largest absolute Gasteiger partial charge is 0.547 e. The number of hydrogen-bond donors (Lipinski definition) is 3. The number of amides is 1. The zero-order valence-electron chi connectivity index (χ0n) is 16.2. The number of carbonyl (C=O) groups excluding carboxylic acids is 3. The minimum atomic E-state index is -1.33. The first-order chi connectivity index (χ1) is 13.1. The summed E-state index contributed by atoms with van der Waals surface area (Å²) in [5.74, 6) is -2.04. The Balaban J connectivity index is 2.04. The average Bonchev–Trinajstić information content (AvgIpc) is 2.61. The lowest BCUT2D eigenvalue weighted by molar-refractivity contribution is -0.161. The summed E-state index contributed by atoms with van der Waals surface area (Å²) < 4.78 is 15.4. The van der Waals surface area contributed by atoms with E-state index in [1.807, 2.05) is 0 Å². The molecule has 28 heavy (non-hydrogen) atoms. The Morgan fingerprint density at radius 2 is 2.04 bits per heavy atom. The fourth-order valence-electron chi connectivity index (χ4n) is 2.55. The molecule has 1 aliphatic heterocycles. The quantitative estimate of drug-likeness (QED) is 0.354. The number of fused-ring (bicyclic) bond motifs is 1. The zero-order valence-corrected chi connectivity index (χ0v) is 16.2. The highest BCUT2D eigenvalue weighted by molar-refractivity contribution is 6.47. The summed E-state index contributed by atoms with van der Waals surface area (Å²) in [7, 11) is -1.33. The smallest absolute Gasteiger partial charge is 0.534 e. The normalized spacial score (nSPS) is 15.9. The van der Waals surface area contributed by atoms with Gasteiger partial charge in [-0.2, -0.15) is 0 Å². The molecule has 1 aromatic carbocycles. The van der Waals surface area contributed by atoms with Crippen LogP contribution in [0.25, 0.3) is 0 Å². The van der Waals surface area contributed by atoms with E-state index in [0.29, 0.717) is 5.56 Å². The number of nitrogens with two attached hydrogens (primary N) is 1. The fourth-order valence-corrected chi connectivity index (χ4v) is 2.55. The molecule has 2 rings (SSSR count). The fraction of sp³-hybridized carbons (Fsp3) is 0.500. The van der Waals surface area contributed by atoms with Crippen LogP contribution in [0.3, 0.4) is 0 Å². The number of nitrogens with one attached hydrogen (secondary N) is 1. The molecule has 1 aromatic rings. The van der Waals surface area contributed by atoms with E-state index in [4.69, 9.17) is 19.9 Å². The van der Waals surface area contributed by atoms with E-state index >= 15 is 0 Å². The van der Waals surface area contributed by atoms with Gasteiger partial charge in [-0.1, -0.05) is 12.1 Å². The third-order valence-electron chi connectivity index (χ3n) is 4.05. The molecular formula is C18H25BN2O7. The van der Waals surface area contributed by atoms with Crippen molar-refractivity contribution in [1.82, 2.24) is 5.32 Å². The van der Waals surface area contributed by atoms with Crippen LogP contribution in [0.15, 0.2) is 18.2 Å². The maximum atomic E-state index is 12.3. The molecule has 0 radical (unpaired) electrons. The van der Waals surface area contributed by atoms with Crippen molar-refractivity contribution in [2.75, 3.05) is 13.3 Å². The van der Waals surface area contributed by atoms with Crippen LogP contribution in [-0.4, -0.2) is 49.3 Å². The maximum Gasteiger partial charge on any atom is 0.547 e. The number of carbonyl (C=O) groups is 3. The third-order valence-corrected chi connectivity index (χ3v) is 4.05. The van der Waals surface area contributed by atoms with Gasteiger partial charge in [0.2, 0.25) is 12.7 Å². The first-order valence-corrected chi connectivity index (χ1v) is 8.94. The Bertz CT molecular complexity index is 748. The summed E-state index contributed by atoms with van der Waals surface area (Å²) in [5.41, 5.74) is 5.35. The predicted octanol–water partition coefficient (Wildman–Crippen LogP) is 0.178. The Kier molecular flexibility index (Phi) is 7.03. The summed E-state index contributed by atoms with van der Waals surface area (Å²) in [6, 6.07) is 4.84. The van der Waals surface area contributed by atoms with Gasteiger partial charge in [-0.15, -0.1) is 0 Å². The van der Waals surface area contributed by atoms with Crippen molar-refractivity contribution in [3.05, 3.63) is 29.3 Å². The minimum absolute atomic E-state index is 0.0927. The van der Waals surface area contributed by atoms with Gasteiger partial charge in [0.25, 0.3) is 0 Å². The molecule has 0 saturated heterocycles. The lowest BCUT2D eigenvalue weighted by Crippen LogP contribution is -2.53. The number of para-hydroxylation sites is 1. The summed E-state index contributed by atoms with van der Waals surface area (Å²) in [6.45, 7) is 4.72. The van der Waals surface area contributed by atoms with Crippen molar-refractivity contribution in [2.45, 2.75) is 39.6 Å². The van der Waals surface area contributed by atoms with Gasteiger partial charge in [-0.25, -0.2) is 4.79 Å². The molecule has 0 unspecified atom stereocenters. The minimum Gasteiger partial charge on any atom is -0.534 e. The highest BCUT2D eigenvalue weighted by atomic mass is 16.7. The van der Waals surface area contributed by atoms with Crippen molar-refractivity contribution in [3.8, 4) is 5.75 Å². The molecule has 1 amide bonds. The predicted molar refractivity (Wildman–Crippen MR) is 100 cm³/mol. The van der Waals surface area contributed by atoms with Crippen molar-refractivity contribution >= 4 is 25.0 Å². The van der Waals surface area contributed by atoms with E-state index in [-0.39, 0.29) is 36.6 Å². The molecule has 1 aliphatic rings. The monoisotopic (exact) mass is 392 g/mol. The number of benzene rings is 1. The van der Waals surface area contributed by atoms with E-state index < -0.39 is 37.2 Å². The van der Waals surface area contributed by atoms with Crippen molar-refractivity contribution in [2.24, 2.45) is 11.1 Å². The molecule has 0 fully saturated rings. The number of ether oxygens (including phenoxy) is 2. The van der Waals surface area contributed by atoms with Gasteiger partial charge < -0.3 is 30.2 Å². The van der Waals surface area contributed by atoms with Gasteiger partial charge in [0.15, 0.2) is 0 Å². The summed E-state index contributed by atoms with van der Waals surface area (Å²) in [5, 5.41) is 12.8. The molecule has 1 atom stereocenters. The van der Waals surface area contributed by atoms with Crippen LogP contribution in [0, 0.1) is 5.41 Å². The molecule has 4 N–H and O–H groups in total. The van der Waals surface area contributed by atoms with E-state index in [1.54, 1.807) is 32.9 Å². The van der Waals surface area contributed by atoms with Crippen LogP contribution < -0.4 is 15.7 Å². The Morgan fingerprint density at radius 3 is 2.68 bits per heavy atom. The molecule has 0 saturated carbocycles. The SMILES string of the molecule is CC(C)(C)C(=O)OCOC(=O)c1cccc2c1OB(O)[C@@H](NC(=O)CCN)C2. The van der Waals surface area contributed by atoms with Gasteiger partial charge in [-0.3, -0.25) is 9.59 Å². The molecule has 1 heterocycles. The summed E-state index contributed by atoms with van der Waals surface area (Å²) >= 11 is 0. The molecule has 0 aliphatic carbocycles. The molecule has 0 bridgehead atoms. The van der Waals surface area contributed by atoms with Crippen LogP contribution in [0.4, 0.5) is 0 Å². The van der Waals surface area contributed by atoms with E-state index in [0.717, 1.165) is 0 Å². The highest BCUT2D eigenvalue weighted by Crippen LogP contribution is 2.30. The van der Waals surface area contributed by atoms with Crippen molar-refractivity contribution in [3.63, 3.8) is 0 Å². The lowest BCUT2D eigenvalue weighted by atomic mass is 9.72. The van der Waals surface area contributed by atoms with Gasteiger partial charge in [0, 0.05) is 13.0 Å². The topological polar surface area (TPSA) is 137 Å². The van der Waals surface area contributed by atoms with Gasteiger partial charge >= 0.3 is 19.1 Å². The second-order valence-corrected chi connectivity index (χ2v) is 7.45. The molecule has 152 valence electrons. The zero-order chi connectivity index (χ0) is 20.9. The van der Waals surface area contributed by atoms with Crippen LogP contribution in [0.1, 0.15) is 43.1 Å². The van der Waals surface area contributed by atoms with E-state index in [1.165, 1.54) is 6.07 Å². The molecule has 0 aromatic heterocycles. The number of esters is 2. The Labute approximate surface area is 163 Å². The Hall–Kier alpha value is -2.59. The maximum absolute atomic E-state index is 12.3. The summed E-state index contributed by atoms with van der Waals surface area (Å²) in [4.78, 5) is 35.8. The van der Waals surface area contributed by atoms with Gasteiger partial charge in [0.1, 0.15) is 11.3 Å². The standard InChI is InChI=1S/C18H25BN2O7/c1-18(2,3)17(24)27-10-26-16(23)12-6-4-5-11-9-13(19(25)28-15(11)12)21-14(22)7-8-20/h4-6,13,25H,7-10,20H2,1-3H3,(H,21,22)/t13-/m0/s1. The third kappa shape index (κ3) is 5.46. The number of hydrogen-bond acceptors (Lipinski definition) is 8. The molecule has 10 heteroatoms. The highest BCUT2D eigenvalue weighted by Gasteiger charge is 2.37. The van der Waals surface area contributed by atoms with Crippen LogP contribution in [0.2, 0.25) is 0 Å². The molecular weight excluding hydrogens is 367 g/mol. The van der Waals surface area contributed by atoms with Crippen LogP contribution in [0.5, 0.6) is 5.75 Å². The first kappa shape index (κ1) is 21.7. The van der Waals surface area contributed by atoms with Crippen LogP contribution in [-0.2, 0) is 25.5 Å². The van der Waals surface area contributed by atoms with Crippen LogP contribution >= 0.6 is 0 Å². The second-order valence-electron chi connectivity index (χ2n) is 7.45. The van der Waals surface area contributed by atoms with Gasteiger partial charge in [0.05, 0.1) is 11.4 Å². The first-order valence-electron chi connectivity index (χ1n) is 8.94. The van der Waals surface area contributed by atoms with Crippen molar-refractivity contribution in [1.29, 1.82) is 0 Å². The Morgan fingerprint density at radius 1 is 1.32 bits per heavy atom. The van der Waals surface area contributed by atoms with E-state index in [2.05, 4.69) is 5.32 Å². The molecule has 9 nitrogen and oxygen atoms in total. The average molecular weight is 392 g/mol. The second kappa shape index (κ2) is 9.07. The lowest BCUT2D eigenvalue weighted by Gasteiger charge is -2.29. The number of rotatable bonds is 6. The molecule has 0 spiro atoms. The van der Waals surface area contributed by atoms with E-state index in [9.17, 15) is 19.4 Å². The van der Waals surface area contributed by atoms with Crippen molar-refractivity contribution < 1.29 is 33.5 Å².